The summed E-state index contributed by atoms with van der Waals surface area (Å²) >= 11 is 0. The summed E-state index contributed by atoms with van der Waals surface area (Å²) in [5.41, 5.74) is 4.34. The van der Waals surface area contributed by atoms with Crippen molar-refractivity contribution >= 4 is 16.9 Å². The Labute approximate surface area is 158 Å². The average Bonchev–Trinajstić information content (AvgIpc) is 3.29. The number of esters is 1. The third kappa shape index (κ3) is 3.25. The Hall–Kier alpha value is -2.95. The number of nitrogens with one attached hydrogen (secondary N) is 1. The molecule has 5 heteroatoms. The lowest BCUT2D eigenvalue weighted by atomic mass is 9.98. The maximum absolute atomic E-state index is 12.6. The predicted octanol–water partition coefficient (Wildman–Crippen LogP) is 4.74. The van der Waals surface area contributed by atoms with Gasteiger partial charge in [-0.2, -0.15) is 0 Å². The minimum atomic E-state index is -0.350. The summed E-state index contributed by atoms with van der Waals surface area (Å²) in [6.07, 6.45) is 1.82. The van der Waals surface area contributed by atoms with E-state index in [0.717, 1.165) is 51.9 Å². The monoisotopic (exact) mass is 365 g/mol. The first-order valence-electron chi connectivity index (χ1n) is 9.43. The summed E-state index contributed by atoms with van der Waals surface area (Å²) in [5, 5.41) is 0.950. The molecule has 3 aromatic rings. The first-order valence-corrected chi connectivity index (χ1v) is 9.43. The number of benzene rings is 2. The van der Waals surface area contributed by atoms with Crippen LogP contribution in [0.25, 0.3) is 22.0 Å². The molecule has 1 aliphatic heterocycles. The Morgan fingerprint density at radius 3 is 2.89 bits per heavy atom. The fraction of sp³-hybridized carbons (Fsp3) is 0.318. The number of fused-ring (bicyclic) bond motifs is 2. The van der Waals surface area contributed by atoms with Crippen molar-refractivity contribution in [3.8, 4) is 22.6 Å². The van der Waals surface area contributed by atoms with Gasteiger partial charge in [0.05, 0.1) is 19.8 Å². The van der Waals surface area contributed by atoms with Gasteiger partial charge in [0.2, 0.25) is 0 Å². The molecule has 0 aliphatic carbocycles. The zero-order valence-electron chi connectivity index (χ0n) is 15.6. The molecule has 0 bridgehead atoms. The van der Waals surface area contributed by atoms with Crippen molar-refractivity contribution in [1.82, 2.24) is 4.98 Å². The van der Waals surface area contributed by atoms with Crippen LogP contribution in [0, 0.1) is 0 Å². The number of hydrogen-bond donors (Lipinski definition) is 1. The Morgan fingerprint density at radius 2 is 2.07 bits per heavy atom. The highest BCUT2D eigenvalue weighted by Gasteiger charge is 2.22. The van der Waals surface area contributed by atoms with Crippen LogP contribution in [0.5, 0.6) is 11.5 Å². The molecule has 0 fully saturated rings. The Kier molecular flexibility index (Phi) is 4.75. The van der Waals surface area contributed by atoms with Crippen LogP contribution in [0.3, 0.4) is 0 Å². The number of aromatic nitrogens is 1. The standard InChI is InChI=1S/C22H23NO4/c1-3-10-26-16-6-7-18-17(13-16)20(21(23-18)22(24)25-4-2)15-5-8-19-14(12-15)9-11-27-19/h5-8,12-13,23H,3-4,9-11H2,1-2H3. The van der Waals surface area contributed by atoms with Gasteiger partial charge in [0.1, 0.15) is 17.2 Å². The smallest absolute Gasteiger partial charge is 0.355 e. The van der Waals surface area contributed by atoms with Crippen molar-refractivity contribution in [1.29, 1.82) is 0 Å². The zero-order chi connectivity index (χ0) is 18.8. The molecule has 5 nitrogen and oxygen atoms in total. The number of rotatable bonds is 6. The second-order valence-corrected chi connectivity index (χ2v) is 6.57. The van der Waals surface area contributed by atoms with Crippen molar-refractivity contribution in [3.63, 3.8) is 0 Å². The highest BCUT2D eigenvalue weighted by molar-refractivity contribution is 6.08. The maximum Gasteiger partial charge on any atom is 0.355 e. The molecule has 0 saturated heterocycles. The van der Waals surface area contributed by atoms with E-state index in [0.29, 0.717) is 25.5 Å². The van der Waals surface area contributed by atoms with Gasteiger partial charge in [-0.3, -0.25) is 0 Å². The van der Waals surface area contributed by atoms with Gasteiger partial charge >= 0.3 is 5.97 Å². The molecule has 0 radical (unpaired) electrons. The van der Waals surface area contributed by atoms with E-state index in [-0.39, 0.29) is 5.97 Å². The minimum absolute atomic E-state index is 0.330. The topological polar surface area (TPSA) is 60.6 Å². The zero-order valence-corrected chi connectivity index (χ0v) is 15.6. The first kappa shape index (κ1) is 17.5. The highest BCUT2D eigenvalue weighted by atomic mass is 16.5. The third-order valence-electron chi connectivity index (χ3n) is 4.70. The van der Waals surface area contributed by atoms with Crippen molar-refractivity contribution < 1.29 is 19.0 Å². The molecule has 27 heavy (non-hydrogen) atoms. The normalized spacial score (nSPS) is 12.7. The van der Waals surface area contributed by atoms with Gasteiger partial charge in [-0.25, -0.2) is 4.79 Å². The van der Waals surface area contributed by atoms with Crippen LogP contribution in [0.2, 0.25) is 0 Å². The number of aromatic amines is 1. The number of H-pyrrole nitrogens is 1. The maximum atomic E-state index is 12.6. The molecule has 1 N–H and O–H groups in total. The van der Waals surface area contributed by atoms with Crippen LogP contribution < -0.4 is 9.47 Å². The van der Waals surface area contributed by atoms with Crippen molar-refractivity contribution in [2.24, 2.45) is 0 Å². The number of ether oxygens (including phenoxy) is 3. The molecule has 1 aromatic heterocycles. The van der Waals surface area contributed by atoms with E-state index in [2.05, 4.69) is 18.0 Å². The molecule has 2 heterocycles. The second-order valence-electron chi connectivity index (χ2n) is 6.57. The molecule has 0 saturated carbocycles. The van der Waals surface area contributed by atoms with Gasteiger partial charge < -0.3 is 19.2 Å². The fourth-order valence-electron chi connectivity index (χ4n) is 3.48. The Balaban J connectivity index is 1.88. The van der Waals surface area contributed by atoms with Crippen LogP contribution in [0.1, 0.15) is 36.3 Å². The van der Waals surface area contributed by atoms with Gasteiger partial charge in [0.25, 0.3) is 0 Å². The number of carbonyl (C=O) groups excluding carboxylic acids is 1. The molecule has 1 aliphatic rings. The summed E-state index contributed by atoms with van der Waals surface area (Å²) in [5.74, 6) is 1.37. The molecular weight excluding hydrogens is 342 g/mol. The third-order valence-corrected chi connectivity index (χ3v) is 4.70. The van der Waals surface area contributed by atoms with Crippen molar-refractivity contribution in [3.05, 3.63) is 47.7 Å². The molecular formula is C22H23NO4. The van der Waals surface area contributed by atoms with E-state index in [4.69, 9.17) is 14.2 Å². The lowest BCUT2D eigenvalue weighted by Crippen LogP contribution is -2.06. The van der Waals surface area contributed by atoms with E-state index in [1.165, 1.54) is 0 Å². The summed E-state index contributed by atoms with van der Waals surface area (Å²) in [4.78, 5) is 15.8. The predicted molar refractivity (Wildman–Crippen MR) is 105 cm³/mol. The SMILES string of the molecule is CCCOc1ccc2[nH]c(C(=O)OCC)c(-c3ccc4c(c3)CCO4)c2c1. The molecule has 0 amide bonds. The van der Waals surface area contributed by atoms with Crippen LogP contribution in [-0.4, -0.2) is 30.8 Å². The summed E-state index contributed by atoms with van der Waals surface area (Å²) in [6, 6.07) is 11.9. The largest absolute Gasteiger partial charge is 0.494 e. The summed E-state index contributed by atoms with van der Waals surface area (Å²) < 4.78 is 16.7. The number of carbonyl (C=O) groups is 1. The van der Waals surface area contributed by atoms with Crippen molar-refractivity contribution in [2.75, 3.05) is 19.8 Å². The van der Waals surface area contributed by atoms with E-state index in [1.54, 1.807) is 0 Å². The van der Waals surface area contributed by atoms with E-state index in [1.807, 2.05) is 37.3 Å². The first-order chi connectivity index (χ1) is 13.2. The quantitative estimate of drug-likeness (QED) is 0.641. The van der Waals surface area contributed by atoms with E-state index in [9.17, 15) is 4.79 Å². The summed E-state index contributed by atoms with van der Waals surface area (Å²) in [7, 11) is 0. The fourth-order valence-corrected chi connectivity index (χ4v) is 3.48. The average molecular weight is 365 g/mol. The molecule has 0 unspecified atom stereocenters. The molecule has 0 atom stereocenters. The Bertz CT molecular complexity index is 989. The molecule has 0 spiro atoms. The minimum Gasteiger partial charge on any atom is -0.494 e. The van der Waals surface area contributed by atoms with Gasteiger partial charge in [-0.15, -0.1) is 0 Å². The van der Waals surface area contributed by atoms with E-state index < -0.39 is 0 Å². The second kappa shape index (κ2) is 7.35. The molecule has 140 valence electrons. The highest BCUT2D eigenvalue weighted by Crippen LogP contribution is 2.38. The van der Waals surface area contributed by atoms with Crippen molar-refractivity contribution in [2.45, 2.75) is 26.7 Å². The molecule has 4 rings (SSSR count). The van der Waals surface area contributed by atoms with E-state index >= 15 is 0 Å². The van der Waals surface area contributed by atoms with Gasteiger partial charge in [-0.05, 0) is 54.8 Å². The molecule has 2 aromatic carbocycles. The Morgan fingerprint density at radius 1 is 1.19 bits per heavy atom. The van der Waals surface area contributed by atoms with Crippen LogP contribution >= 0.6 is 0 Å². The summed E-state index contributed by atoms with van der Waals surface area (Å²) in [6.45, 7) is 5.57. The van der Waals surface area contributed by atoms with Gasteiger partial charge in [0.15, 0.2) is 0 Å². The number of hydrogen-bond acceptors (Lipinski definition) is 4. The van der Waals surface area contributed by atoms with Crippen LogP contribution in [0.4, 0.5) is 0 Å². The van der Waals surface area contributed by atoms with Crippen LogP contribution in [0.15, 0.2) is 36.4 Å². The van der Waals surface area contributed by atoms with Gasteiger partial charge in [0, 0.05) is 22.9 Å². The van der Waals surface area contributed by atoms with Gasteiger partial charge in [-0.1, -0.05) is 13.0 Å². The lowest BCUT2D eigenvalue weighted by molar-refractivity contribution is 0.0521. The lowest BCUT2D eigenvalue weighted by Gasteiger charge is -2.08. The van der Waals surface area contributed by atoms with Crippen LogP contribution in [-0.2, 0) is 11.2 Å².